The fourth-order valence-corrected chi connectivity index (χ4v) is 2.19. The molecule has 1 heterocycles. The summed E-state index contributed by atoms with van der Waals surface area (Å²) < 4.78 is 13.6. The van der Waals surface area contributed by atoms with Crippen LogP contribution in [0.25, 0.3) is 0 Å². The molecule has 14 heavy (non-hydrogen) atoms. The molecule has 1 atom stereocenters. The van der Waals surface area contributed by atoms with Crippen molar-refractivity contribution in [1.82, 2.24) is 4.90 Å². The summed E-state index contributed by atoms with van der Waals surface area (Å²) in [6.07, 6.45) is 1.14. The molecule has 80 valence electrons. The summed E-state index contributed by atoms with van der Waals surface area (Å²) in [5, 5.41) is 0. The van der Waals surface area contributed by atoms with Crippen LogP contribution in [0.4, 0.5) is 4.39 Å². The monoisotopic (exact) mass is 199 g/mol. The van der Waals surface area contributed by atoms with Crippen molar-refractivity contribution in [3.8, 4) is 0 Å². The van der Waals surface area contributed by atoms with Crippen LogP contribution in [0.2, 0.25) is 0 Å². The van der Waals surface area contributed by atoms with Crippen molar-refractivity contribution < 1.29 is 9.18 Å². The largest absolute Gasteiger partial charge is 0.339 e. The van der Waals surface area contributed by atoms with Gasteiger partial charge in [0.1, 0.15) is 6.17 Å². The lowest BCUT2D eigenvalue weighted by Crippen LogP contribution is -2.38. The number of halogens is 1. The second-order valence-electron chi connectivity index (χ2n) is 5.77. The van der Waals surface area contributed by atoms with Crippen molar-refractivity contribution in [3.05, 3.63) is 0 Å². The molecule has 1 spiro atoms. The number of nitrogens with zero attached hydrogens (tertiary/aromatic N) is 1. The van der Waals surface area contributed by atoms with E-state index in [0.717, 1.165) is 12.8 Å². The van der Waals surface area contributed by atoms with E-state index < -0.39 is 6.17 Å². The maximum atomic E-state index is 13.6. The molecule has 1 saturated heterocycles. The van der Waals surface area contributed by atoms with Crippen molar-refractivity contribution in [3.63, 3.8) is 0 Å². The van der Waals surface area contributed by atoms with Crippen LogP contribution in [0.3, 0.4) is 0 Å². The number of carbonyl (C=O) groups is 1. The van der Waals surface area contributed by atoms with E-state index >= 15 is 0 Å². The fraction of sp³-hybridized carbons (Fsp3) is 0.909. The minimum absolute atomic E-state index is 0.0870. The van der Waals surface area contributed by atoms with Gasteiger partial charge in [0.2, 0.25) is 5.91 Å². The van der Waals surface area contributed by atoms with Gasteiger partial charge in [-0.3, -0.25) is 4.79 Å². The molecule has 2 aliphatic rings. The van der Waals surface area contributed by atoms with Crippen molar-refractivity contribution >= 4 is 5.91 Å². The van der Waals surface area contributed by atoms with Crippen LogP contribution in [-0.4, -0.2) is 30.1 Å². The summed E-state index contributed by atoms with van der Waals surface area (Å²) in [5.41, 5.74) is -0.513. The summed E-state index contributed by atoms with van der Waals surface area (Å²) >= 11 is 0. The van der Waals surface area contributed by atoms with E-state index in [9.17, 15) is 9.18 Å². The van der Waals surface area contributed by atoms with Gasteiger partial charge in [0.15, 0.2) is 0 Å². The summed E-state index contributed by atoms with van der Waals surface area (Å²) in [5.74, 6) is 0.0870. The lowest BCUT2D eigenvalue weighted by Gasteiger charge is -2.25. The Morgan fingerprint density at radius 3 is 2.36 bits per heavy atom. The zero-order chi connectivity index (χ0) is 10.6. The third-order valence-corrected chi connectivity index (χ3v) is 3.37. The van der Waals surface area contributed by atoms with E-state index in [1.54, 1.807) is 4.90 Å². The van der Waals surface area contributed by atoms with E-state index in [1.165, 1.54) is 0 Å². The molecule has 0 radical (unpaired) electrons. The SMILES string of the molecule is CC(C)(C)C(=O)N1C[C@H](F)C2(CC2)C1. The molecule has 0 N–H and O–H groups in total. The fourth-order valence-electron chi connectivity index (χ4n) is 2.19. The van der Waals surface area contributed by atoms with Crippen molar-refractivity contribution in [2.45, 2.75) is 39.8 Å². The molecule has 3 heteroatoms. The van der Waals surface area contributed by atoms with Gasteiger partial charge in [-0.25, -0.2) is 4.39 Å². The molecule has 2 nitrogen and oxygen atoms in total. The van der Waals surface area contributed by atoms with Gasteiger partial charge in [-0.2, -0.15) is 0 Å². The van der Waals surface area contributed by atoms with Gasteiger partial charge < -0.3 is 4.90 Å². The first-order chi connectivity index (χ1) is 6.35. The summed E-state index contributed by atoms with van der Waals surface area (Å²) in [7, 11) is 0. The highest BCUT2D eigenvalue weighted by Crippen LogP contribution is 2.54. The zero-order valence-corrected chi connectivity index (χ0v) is 9.14. The molecule has 2 rings (SSSR count). The molecule has 0 aromatic carbocycles. The Labute approximate surface area is 84.5 Å². The maximum absolute atomic E-state index is 13.6. The van der Waals surface area contributed by atoms with Crippen LogP contribution in [0.15, 0.2) is 0 Å². The second-order valence-corrected chi connectivity index (χ2v) is 5.77. The van der Waals surface area contributed by atoms with Crippen molar-refractivity contribution in [2.75, 3.05) is 13.1 Å². The molecule has 1 aliphatic carbocycles. The number of carbonyl (C=O) groups excluding carboxylic acids is 1. The normalized spacial score (nSPS) is 29.7. The molecule has 0 aromatic heterocycles. The quantitative estimate of drug-likeness (QED) is 0.584. The molecule has 1 amide bonds. The first-order valence-corrected chi connectivity index (χ1v) is 5.29. The van der Waals surface area contributed by atoms with Crippen LogP contribution < -0.4 is 0 Å². The van der Waals surface area contributed by atoms with Crippen LogP contribution in [0, 0.1) is 10.8 Å². The number of hydrogen-bond donors (Lipinski definition) is 0. The van der Waals surface area contributed by atoms with Crippen LogP contribution >= 0.6 is 0 Å². The summed E-state index contributed by atoms with van der Waals surface area (Å²) in [4.78, 5) is 13.6. The van der Waals surface area contributed by atoms with E-state index in [4.69, 9.17) is 0 Å². The third-order valence-electron chi connectivity index (χ3n) is 3.37. The van der Waals surface area contributed by atoms with Crippen LogP contribution in [0.5, 0.6) is 0 Å². The number of rotatable bonds is 0. The highest BCUT2D eigenvalue weighted by atomic mass is 19.1. The standard InChI is InChI=1S/C11H18FNO/c1-10(2,3)9(14)13-6-8(12)11(7-13)4-5-11/h8H,4-7H2,1-3H3/t8-/m0/s1. The predicted molar refractivity (Wildman–Crippen MR) is 52.6 cm³/mol. The maximum Gasteiger partial charge on any atom is 0.228 e. The third kappa shape index (κ3) is 1.43. The molecular weight excluding hydrogens is 181 g/mol. The molecule has 1 aliphatic heterocycles. The topological polar surface area (TPSA) is 20.3 Å². The first kappa shape index (κ1) is 9.94. The molecule has 1 saturated carbocycles. The van der Waals surface area contributed by atoms with E-state index in [0.29, 0.717) is 13.1 Å². The zero-order valence-electron chi connectivity index (χ0n) is 9.14. The van der Waals surface area contributed by atoms with Gasteiger partial charge in [-0.1, -0.05) is 20.8 Å². The Morgan fingerprint density at radius 1 is 1.43 bits per heavy atom. The summed E-state index contributed by atoms with van der Waals surface area (Å²) in [6, 6.07) is 0. The minimum Gasteiger partial charge on any atom is -0.339 e. The van der Waals surface area contributed by atoms with Crippen LogP contribution in [0.1, 0.15) is 33.6 Å². The van der Waals surface area contributed by atoms with Gasteiger partial charge in [-0.05, 0) is 12.8 Å². The lowest BCUT2D eigenvalue weighted by molar-refractivity contribution is -0.138. The Bertz CT molecular complexity index is 265. The predicted octanol–water partition coefficient (Wildman–Crippen LogP) is 1.99. The van der Waals surface area contributed by atoms with Crippen LogP contribution in [-0.2, 0) is 4.79 Å². The minimum atomic E-state index is -0.784. The van der Waals surface area contributed by atoms with Gasteiger partial charge >= 0.3 is 0 Å². The van der Waals surface area contributed by atoms with E-state index in [-0.39, 0.29) is 16.7 Å². The average molecular weight is 199 g/mol. The lowest BCUT2D eigenvalue weighted by atomic mass is 9.95. The van der Waals surface area contributed by atoms with Gasteiger partial charge in [0.05, 0.1) is 6.54 Å². The number of likely N-dealkylation sites (tertiary alicyclic amines) is 1. The Hall–Kier alpha value is -0.600. The van der Waals surface area contributed by atoms with E-state index in [1.807, 2.05) is 20.8 Å². The molecule has 0 unspecified atom stereocenters. The van der Waals surface area contributed by atoms with Gasteiger partial charge in [0.25, 0.3) is 0 Å². The molecule has 2 fully saturated rings. The molecule has 0 aromatic rings. The Kier molecular flexibility index (Phi) is 1.92. The number of amides is 1. The van der Waals surface area contributed by atoms with Crippen molar-refractivity contribution in [1.29, 1.82) is 0 Å². The molecular formula is C11H18FNO. The smallest absolute Gasteiger partial charge is 0.228 e. The van der Waals surface area contributed by atoms with Gasteiger partial charge in [-0.15, -0.1) is 0 Å². The first-order valence-electron chi connectivity index (χ1n) is 5.29. The molecule has 0 bridgehead atoms. The Balaban J connectivity index is 2.05. The average Bonchev–Trinajstić information content (AvgIpc) is 2.73. The van der Waals surface area contributed by atoms with Gasteiger partial charge in [0, 0.05) is 17.4 Å². The highest BCUT2D eigenvalue weighted by molar-refractivity contribution is 5.82. The van der Waals surface area contributed by atoms with E-state index in [2.05, 4.69) is 0 Å². The second kappa shape index (κ2) is 2.71. The highest BCUT2D eigenvalue weighted by Gasteiger charge is 2.57. The Morgan fingerprint density at radius 2 is 2.00 bits per heavy atom. The number of hydrogen-bond acceptors (Lipinski definition) is 1. The summed E-state index contributed by atoms with van der Waals surface area (Å²) in [6.45, 7) is 6.63. The van der Waals surface area contributed by atoms with Crippen molar-refractivity contribution in [2.24, 2.45) is 10.8 Å². The number of alkyl halides is 1.